The number of hydrogen-bond acceptors (Lipinski definition) is 4. The molecule has 5 nitrogen and oxygen atoms in total. The van der Waals surface area contributed by atoms with E-state index in [0.717, 1.165) is 12.0 Å². The highest BCUT2D eigenvalue weighted by Gasteiger charge is 2.44. The quantitative estimate of drug-likeness (QED) is 0.775. The van der Waals surface area contributed by atoms with Crippen LogP contribution in [0.3, 0.4) is 0 Å². The van der Waals surface area contributed by atoms with Crippen molar-refractivity contribution < 1.29 is 4.79 Å². The van der Waals surface area contributed by atoms with Crippen molar-refractivity contribution >= 4 is 23.1 Å². The zero-order chi connectivity index (χ0) is 16.5. The van der Waals surface area contributed by atoms with Crippen molar-refractivity contribution in [3.63, 3.8) is 0 Å². The highest BCUT2D eigenvalue weighted by atomic mass is 32.1. The van der Waals surface area contributed by atoms with Crippen LogP contribution in [0.25, 0.3) is 0 Å². The van der Waals surface area contributed by atoms with Crippen molar-refractivity contribution in [1.82, 2.24) is 14.8 Å². The number of nitrogens with zero attached hydrogens (tertiary/aromatic N) is 3. The fourth-order valence-electron chi connectivity index (χ4n) is 2.87. The maximum atomic E-state index is 12.4. The molecule has 0 unspecified atom stereocenters. The summed E-state index contributed by atoms with van der Waals surface area (Å²) in [6, 6.07) is 10.0. The average molecular weight is 338 g/mol. The molecule has 0 spiro atoms. The number of aromatic nitrogens is 3. The van der Waals surface area contributed by atoms with Gasteiger partial charge in [0.15, 0.2) is 5.82 Å². The largest absolute Gasteiger partial charge is 0.309 e. The second-order valence-corrected chi connectivity index (χ2v) is 7.47. The van der Waals surface area contributed by atoms with Crippen LogP contribution in [0.1, 0.15) is 27.7 Å². The topological polar surface area (TPSA) is 59.8 Å². The van der Waals surface area contributed by atoms with Crippen LogP contribution in [0.2, 0.25) is 0 Å². The monoisotopic (exact) mass is 338 g/mol. The third-order valence-corrected chi connectivity index (χ3v) is 5.35. The second-order valence-electron chi connectivity index (χ2n) is 6.15. The molecule has 6 heteroatoms. The molecule has 1 N–H and O–H groups in total. The Hall–Kier alpha value is -2.47. The van der Waals surface area contributed by atoms with E-state index in [1.807, 2.05) is 30.6 Å². The number of carbonyl (C=O) groups is 1. The molecule has 0 aromatic carbocycles. The lowest BCUT2D eigenvalue weighted by molar-refractivity contribution is -0.117. The Labute approximate surface area is 144 Å². The number of aryl methyl sites for hydroxylation is 1. The maximum absolute atomic E-state index is 12.4. The molecule has 1 saturated carbocycles. The first-order chi connectivity index (χ1) is 11.7. The van der Waals surface area contributed by atoms with Crippen LogP contribution in [-0.2, 0) is 11.3 Å². The SMILES string of the molecule is Cc1ccc([C@@H]2C[C@H]2C(=O)Nc2ccn(Cc3cccnc3)n2)s1. The second kappa shape index (κ2) is 6.20. The number of amides is 1. The number of anilines is 1. The highest BCUT2D eigenvalue weighted by Crippen LogP contribution is 2.50. The molecule has 1 aliphatic rings. The molecule has 122 valence electrons. The van der Waals surface area contributed by atoms with Crippen LogP contribution in [0.4, 0.5) is 5.82 Å². The molecule has 1 fully saturated rings. The lowest BCUT2D eigenvalue weighted by atomic mass is 10.2. The summed E-state index contributed by atoms with van der Waals surface area (Å²) in [6.45, 7) is 2.74. The first-order valence-electron chi connectivity index (χ1n) is 7.98. The Morgan fingerprint density at radius 1 is 1.38 bits per heavy atom. The molecule has 1 amide bonds. The highest BCUT2D eigenvalue weighted by molar-refractivity contribution is 7.12. The minimum Gasteiger partial charge on any atom is -0.309 e. The summed E-state index contributed by atoms with van der Waals surface area (Å²) in [7, 11) is 0. The van der Waals surface area contributed by atoms with Gasteiger partial charge in [-0.05, 0) is 37.1 Å². The molecule has 2 atom stereocenters. The van der Waals surface area contributed by atoms with Gasteiger partial charge in [0, 0.05) is 46.2 Å². The van der Waals surface area contributed by atoms with Gasteiger partial charge in [-0.2, -0.15) is 5.10 Å². The van der Waals surface area contributed by atoms with Crippen LogP contribution in [-0.4, -0.2) is 20.7 Å². The minimum absolute atomic E-state index is 0.0673. The third-order valence-electron chi connectivity index (χ3n) is 4.21. The Bertz CT molecular complexity index is 855. The zero-order valence-electron chi connectivity index (χ0n) is 13.3. The van der Waals surface area contributed by atoms with Crippen LogP contribution in [0, 0.1) is 12.8 Å². The number of carbonyl (C=O) groups excluding carboxylic acids is 1. The van der Waals surface area contributed by atoms with Gasteiger partial charge >= 0.3 is 0 Å². The van der Waals surface area contributed by atoms with E-state index in [9.17, 15) is 4.79 Å². The predicted molar refractivity (Wildman–Crippen MR) is 94.1 cm³/mol. The van der Waals surface area contributed by atoms with E-state index in [1.165, 1.54) is 9.75 Å². The van der Waals surface area contributed by atoms with Gasteiger partial charge in [0.1, 0.15) is 0 Å². The van der Waals surface area contributed by atoms with Crippen LogP contribution in [0.15, 0.2) is 48.9 Å². The van der Waals surface area contributed by atoms with Crippen LogP contribution < -0.4 is 5.32 Å². The minimum atomic E-state index is 0.0673. The molecule has 3 heterocycles. The summed E-state index contributed by atoms with van der Waals surface area (Å²) in [5.74, 6) is 1.13. The standard InChI is InChI=1S/C18H18N4OS/c1-12-4-5-16(24-12)14-9-15(14)18(23)20-17-6-8-22(21-17)11-13-3-2-7-19-10-13/h2-8,10,14-15H,9,11H2,1H3,(H,20,21,23)/t14-,15-/m1/s1. The van der Waals surface area contributed by atoms with Gasteiger partial charge in [-0.25, -0.2) is 0 Å². The van der Waals surface area contributed by atoms with Gasteiger partial charge in [-0.1, -0.05) is 6.07 Å². The van der Waals surface area contributed by atoms with Gasteiger partial charge in [0.05, 0.1) is 6.54 Å². The zero-order valence-corrected chi connectivity index (χ0v) is 14.2. The fraction of sp³-hybridized carbons (Fsp3) is 0.278. The van der Waals surface area contributed by atoms with Crippen molar-refractivity contribution in [2.24, 2.45) is 5.92 Å². The Balaban J connectivity index is 1.35. The van der Waals surface area contributed by atoms with Crippen molar-refractivity contribution in [2.45, 2.75) is 25.8 Å². The third kappa shape index (κ3) is 3.23. The van der Waals surface area contributed by atoms with Gasteiger partial charge < -0.3 is 5.32 Å². The van der Waals surface area contributed by atoms with Crippen LogP contribution >= 0.6 is 11.3 Å². The number of nitrogens with one attached hydrogen (secondary N) is 1. The lowest BCUT2D eigenvalue weighted by Crippen LogP contribution is -2.15. The fourth-order valence-corrected chi connectivity index (χ4v) is 3.92. The Morgan fingerprint density at radius 2 is 2.29 bits per heavy atom. The van der Waals surface area contributed by atoms with Crippen molar-refractivity contribution in [3.8, 4) is 0 Å². The number of thiophene rings is 1. The number of hydrogen-bond donors (Lipinski definition) is 1. The van der Waals surface area contributed by atoms with Crippen LogP contribution in [0.5, 0.6) is 0 Å². The normalized spacial score (nSPS) is 19.2. The molecule has 0 aliphatic heterocycles. The summed E-state index contributed by atoms with van der Waals surface area (Å²) >= 11 is 1.79. The number of rotatable bonds is 5. The molecule has 3 aromatic heterocycles. The van der Waals surface area contributed by atoms with Gasteiger partial charge in [-0.15, -0.1) is 11.3 Å². The van der Waals surface area contributed by atoms with Crippen molar-refractivity contribution in [2.75, 3.05) is 5.32 Å². The molecule has 0 radical (unpaired) electrons. The molecular weight excluding hydrogens is 320 g/mol. The van der Waals surface area contributed by atoms with E-state index in [1.54, 1.807) is 22.2 Å². The van der Waals surface area contributed by atoms with Gasteiger partial charge in [0.25, 0.3) is 0 Å². The summed E-state index contributed by atoms with van der Waals surface area (Å²) in [6.07, 6.45) is 6.37. The maximum Gasteiger partial charge on any atom is 0.229 e. The molecule has 24 heavy (non-hydrogen) atoms. The Kier molecular flexibility index (Phi) is 3.90. The molecule has 3 aromatic rings. The van der Waals surface area contributed by atoms with Gasteiger partial charge in [0.2, 0.25) is 5.91 Å². The molecular formula is C18H18N4OS. The van der Waals surface area contributed by atoms with Gasteiger partial charge in [-0.3, -0.25) is 14.5 Å². The molecule has 1 aliphatic carbocycles. The van der Waals surface area contributed by atoms with E-state index in [0.29, 0.717) is 18.3 Å². The first-order valence-corrected chi connectivity index (χ1v) is 8.80. The molecule has 4 rings (SSSR count). The van der Waals surface area contributed by atoms with E-state index in [2.05, 4.69) is 34.5 Å². The predicted octanol–water partition coefficient (Wildman–Crippen LogP) is 3.44. The summed E-state index contributed by atoms with van der Waals surface area (Å²) < 4.78 is 1.81. The first kappa shape index (κ1) is 15.1. The summed E-state index contributed by atoms with van der Waals surface area (Å²) in [4.78, 5) is 19.1. The van der Waals surface area contributed by atoms with Crippen molar-refractivity contribution in [3.05, 3.63) is 64.2 Å². The number of pyridine rings is 1. The molecule has 0 bridgehead atoms. The van der Waals surface area contributed by atoms with E-state index >= 15 is 0 Å². The van der Waals surface area contributed by atoms with E-state index < -0.39 is 0 Å². The van der Waals surface area contributed by atoms with E-state index in [4.69, 9.17) is 0 Å². The summed E-state index contributed by atoms with van der Waals surface area (Å²) in [5.41, 5.74) is 1.08. The lowest BCUT2D eigenvalue weighted by Gasteiger charge is -2.02. The smallest absolute Gasteiger partial charge is 0.229 e. The Morgan fingerprint density at radius 3 is 3.04 bits per heavy atom. The van der Waals surface area contributed by atoms with Crippen molar-refractivity contribution in [1.29, 1.82) is 0 Å². The van der Waals surface area contributed by atoms with E-state index in [-0.39, 0.29) is 11.8 Å². The molecule has 0 saturated heterocycles. The average Bonchev–Trinajstić information content (AvgIpc) is 3.09. The summed E-state index contributed by atoms with van der Waals surface area (Å²) in [5, 5.41) is 7.35.